The maximum absolute atomic E-state index is 12.6. The van der Waals surface area contributed by atoms with Gasteiger partial charge in [0.05, 0.1) is 5.52 Å². The molecule has 0 aliphatic heterocycles. The Bertz CT molecular complexity index is 1190. The lowest BCUT2D eigenvalue weighted by molar-refractivity contribution is 0.368. The van der Waals surface area contributed by atoms with Gasteiger partial charge in [-0.3, -0.25) is 4.79 Å². The smallest absolute Gasteiger partial charge is 0.253 e. The highest BCUT2D eigenvalue weighted by atomic mass is 35.5. The zero-order valence-electron chi connectivity index (χ0n) is 12.9. The summed E-state index contributed by atoms with van der Waals surface area (Å²) in [6.45, 7) is 0. The second-order valence-electron chi connectivity index (χ2n) is 5.50. The second-order valence-corrected chi connectivity index (χ2v) is 5.93. The molecule has 0 aliphatic carbocycles. The molecular weight excluding hydrogens is 362 g/mol. The van der Waals surface area contributed by atoms with Crippen LogP contribution in [0.1, 0.15) is 0 Å². The predicted molar refractivity (Wildman–Crippen MR) is 93.3 cm³/mol. The molecule has 0 saturated heterocycles. The molecule has 0 fully saturated rings. The number of hydrogen-bond acceptors (Lipinski definition) is 7. The number of phenols is 3. The summed E-state index contributed by atoms with van der Waals surface area (Å²) < 4.78 is 5.49. The van der Waals surface area contributed by atoms with Gasteiger partial charge in [0.2, 0.25) is 11.3 Å². The van der Waals surface area contributed by atoms with Crippen LogP contribution in [0.15, 0.2) is 45.7 Å². The Kier molecular flexibility index (Phi) is 3.55. The van der Waals surface area contributed by atoms with Gasteiger partial charge in [0.25, 0.3) is 5.89 Å². The summed E-state index contributed by atoms with van der Waals surface area (Å²) in [5, 5.41) is 37.1. The minimum Gasteiger partial charge on any atom is -0.504 e. The van der Waals surface area contributed by atoms with E-state index in [2.05, 4.69) is 15.2 Å². The molecule has 0 unspecified atom stereocenters. The maximum Gasteiger partial charge on any atom is 0.253 e. The van der Waals surface area contributed by atoms with Gasteiger partial charge in [-0.05, 0) is 30.3 Å². The molecule has 2 aromatic heterocycles. The van der Waals surface area contributed by atoms with E-state index in [0.717, 1.165) is 12.1 Å². The van der Waals surface area contributed by atoms with Gasteiger partial charge in [0, 0.05) is 22.2 Å². The number of halogens is 1. The lowest BCUT2D eigenvalue weighted by atomic mass is 10.1. The summed E-state index contributed by atoms with van der Waals surface area (Å²) in [6.07, 6.45) is 1.43. The maximum atomic E-state index is 12.6. The Labute approximate surface area is 149 Å². The molecule has 0 bridgehead atoms. The SMILES string of the molecule is O=c1c(-c2nnc(-c3cc(O)c(O)c(O)c3)o2)c[nH]c2cc(Cl)ccc12. The van der Waals surface area contributed by atoms with Crippen molar-refractivity contribution in [1.82, 2.24) is 15.2 Å². The highest BCUT2D eigenvalue weighted by molar-refractivity contribution is 6.31. The fraction of sp³-hybridized carbons (Fsp3) is 0. The Morgan fingerprint density at radius 1 is 1.00 bits per heavy atom. The van der Waals surface area contributed by atoms with Crippen molar-refractivity contribution in [3.63, 3.8) is 0 Å². The Balaban J connectivity index is 1.82. The van der Waals surface area contributed by atoms with Crippen LogP contribution in [0.5, 0.6) is 17.2 Å². The molecule has 4 aromatic rings. The van der Waals surface area contributed by atoms with Crippen molar-refractivity contribution in [3.8, 4) is 40.2 Å². The molecule has 2 aromatic carbocycles. The number of H-pyrrole nitrogens is 1. The van der Waals surface area contributed by atoms with Gasteiger partial charge >= 0.3 is 0 Å². The summed E-state index contributed by atoms with van der Waals surface area (Å²) in [6, 6.07) is 7.12. The lowest BCUT2D eigenvalue weighted by Crippen LogP contribution is -2.06. The zero-order chi connectivity index (χ0) is 18.4. The Hall–Kier alpha value is -3.52. The first-order valence-corrected chi connectivity index (χ1v) is 7.72. The molecule has 130 valence electrons. The third-order valence-corrected chi connectivity index (χ3v) is 4.05. The first-order valence-electron chi connectivity index (χ1n) is 7.34. The van der Waals surface area contributed by atoms with E-state index < -0.39 is 17.2 Å². The summed E-state index contributed by atoms with van der Waals surface area (Å²) in [4.78, 5) is 15.6. The van der Waals surface area contributed by atoms with Crippen LogP contribution < -0.4 is 5.43 Å². The van der Waals surface area contributed by atoms with Gasteiger partial charge in [-0.25, -0.2) is 0 Å². The van der Waals surface area contributed by atoms with Crippen LogP contribution in [0, 0.1) is 0 Å². The van der Waals surface area contributed by atoms with E-state index in [-0.39, 0.29) is 28.3 Å². The third-order valence-electron chi connectivity index (χ3n) is 3.81. The van der Waals surface area contributed by atoms with Crippen LogP contribution in [-0.4, -0.2) is 30.5 Å². The van der Waals surface area contributed by atoms with Gasteiger partial charge in [-0.1, -0.05) is 11.6 Å². The fourth-order valence-corrected chi connectivity index (χ4v) is 2.70. The summed E-state index contributed by atoms with van der Waals surface area (Å²) in [5.41, 5.74) is 0.590. The van der Waals surface area contributed by atoms with E-state index in [9.17, 15) is 20.1 Å². The fourth-order valence-electron chi connectivity index (χ4n) is 2.53. The molecule has 8 nitrogen and oxygen atoms in total. The van der Waals surface area contributed by atoms with E-state index in [1.54, 1.807) is 18.2 Å². The van der Waals surface area contributed by atoms with E-state index in [4.69, 9.17) is 16.0 Å². The summed E-state index contributed by atoms with van der Waals surface area (Å²) >= 11 is 5.91. The Morgan fingerprint density at radius 3 is 2.42 bits per heavy atom. The molecular formula is C17H10ClN3O5. The molecule has 0 aliphatic rings. The molecule has 0 amide bonds. The monoisotopic (exact) mass is 371 g/mol. The first kappa shape index (κ1) is 16.0. The standard InChI is InChI=1S/C17H10ClN3O5/c18-8-1-2-9-11(5-8)19-6-10(14(9)24)17-21-20-16(26-17)7-3-12(22)15(25)13(23)4-7/h1-6,22-23,25H,(H,19,24). The largest absolute Gasteiger partial charge is 0.504 e. The van der Waals surface area contributed by atoms with Crippen LogP contribution in [0.2, 0.25) is 5.02 Å². The van der Waals surface area contributed by atoms with Crippen molar-refractivity contribution < 1.29 is 19.7 Å². The summed E-state index contributed by atoms with van der Waals surface area (Å²) in [5.74, 6) is -1.81. The lowest BCUT2D eigenvalue weighted by Gasteiger charge is -2.02. The molecule has 26 heavy (non-hydrogen) atoms. The van der Waals surface area contributed by atoms with Gasteiger partial charge < -0.3 is 24.7 Å². The number of aromatic amines is 1. The molecule has 4 rings (SSSR count). The van der Waals surface area contributed by atoms with Crippen molar-refractivity contribution >= 4 is 22.5 Å². The van der Waals surface area contributed by atoms with Crippen LogP contribution in [-0.2, 0) is 0 Å². The van der Waals surface area contributed by atoms with Crippen molar-refractivity contribution in [2.45, 2.75) is 0 Å². The minimum absolute atomic E-state index is 0.0369. The quantitative estimate of drug-likeness (QED) is 0.398. The van der Waals surface area contributed by atoms with Crippen molar-refractivity contribution in [1.29, 1.82) is 0 Å². The number of pyridine rings is 1. The molecule has 4 N–H and O–H groups in total. The molecule has 0 saturated carbocycles. The van der Waals surface area contributed by atoms with Crippen LogP contribution >= 0.6 is 11.6 Å². The number of fused-ring (bicyclic) bond motifs is 1. The van der Waals surface area contributed by atoms with E-state index >= 15 is 0 Å². The average Bonchev–Trinajstić information content (AvgIpc) is 3.09. The average molecular weight is 372 g/mol. The normalized spacial score (nSPS) is 11.1. The highest BCUT2D eigenvalue weighted by Crippen LogP contribution is 2.38. The molecule has 9 heteroatoms. The van der Waals surface area contributed by atoms with Gasteiger partial charge in [0.1, 0.15) is 5.56 Å². The van der Waals surface area contributed by atoms with E-state index in [0.29, 0.717) is 15.9 Å². The summed E-state index contributed by atoms with van der Waals surface area (Å²) in [7, 11) is 0. The Morgan fingerprint density at radius 2 is 1.69 bits per heavy atom. The van der Waals surface area contributed by atoms with E-state index in [1.165, 1.54) is 6.20 Å². The topological polar surface area (TPSA) is 132 Å². The van der Waals surface area contributed by atoms with Crippen molar-refractivity contribution in [2.75, 3.05) is 0 Å². The van der Waals surface area contributed by atoms with Crippen LogP contribution in [0.4, 0.5) is 0 Å². The van der Waals surface area contributed by atoms with Gasteiger partial charge in [-0.15, -0.1) is 10.2 Å². The number of hydrogen-bond donors (Lipinski definition) is 4. The number of benzene rings is 2. The number of rotatable bonds is 2. The molecule has 0 atom stereocenters. The highest BCUT2D eigenvalue weighted by Gasteiger charge is 2.17. The number of aromatic hydroxyl groups is 3. The number of aromatic nitrogens is 3. The van der Waals surface area contributed by atoms with Crippen molar-refractivity contribution in [2.24, 2.45) is 0 Å². The molecule has 0 radical (unpaired) electrons. The van der Waals surface area contributed by atoms with Gasteiger partial charge in [0.15, 0.2) is 17.2 Å². The molecule has 0 spiro atoms. The number of nitrogens with zero attached hydrogens (tertiary/aromatic N) is 2. The third kappa shape index (κ3) is 2.52. The second kappa shape index (κ2) is 5.78. The van der Waals surface area contributed by atoms with E-state index in [1.807, 2.05) is 0 Å². The van der Waals surface area contributed by atoms with Crippen LogP contribution in [0.25, 0.3) is 33.8 Å². The zero-order valence-corrected chi connectivity index (χ0v) is 13.7. The minimum atomic E-state index is -0.655. The van der Waals surface area contributed by atoms with Crippen LogP contribution in [0.3, 0.4) is 0 Å². The van der Waals surface area contributed by atoms with Crippen molar-refractivity contribution in [3.05, 3.63) is 51.8 Å². The number of nitrogens with one attached hydrogen (secondary N) is 1. The number of phenolic OH excluding ortho intramolecular Hbond substituents is 3. The van der Waals surface area contributed by atoms with Gasteiger partial charge in [-0.2, -0.15) is 0 Å². The molecule has 2 heterocycles. The predicted octanol–water partition coefficient (Wildman–Crippen LogP) is 3.02. The first-order chi connectivity index (χ1) is 12.4.